The summed E-state index contributed by atoms with van der Waals surface area (Å²) in [7, 11) is 0. The van der Waals surface area contributed by atoms with Crippen LogP contribution in [0.3, 0.4) is 0 Å². The predicted octanol–water partition coefficient (Wildman–Crippen LogP) is 4.15. The van der Waals surface area contributed by atoms with E-state index in [1.54, 1.807) is 62.4 Å². The number of aliphatic hydroxyl groups excluding tert-OH is 1. The summed E-state index contributed by atoms with van der Waals surface area (Å²) in [4.78, 5) is 34.4. The summed E-state index contributed by atoms with van der Waals surface area (Å²) < 4.78 is 1.39. The summed E-state index contributed by atoms with van der Waals surface area (Å²) in [6, 6.07) is 21.1. The second-order valence-corrected chi connectivity index (χ2v) is 7.56. The van der Waals surface area contributed by atoms with Crippen molar-refractivity contribution in [1.82, 2.24) is 9.78 Å². The van der Waals surface area contributed by atoms with Crippen molar-refractivity contribution in [3.8, 4) is 5.69 Å². The maximum absolute atomic E-state index is 13.4. The summed E-state index contributed by atoms with van der Waals surface area (Å²) in [5.74, 6) is 0. The summed E-state index contributed by atoms with van der Waals surface area (Å²) in [5.41, 5.74) is 3.57. The summed E-state index contributed by atoms with van der Waals surface area (Å²) >= 11 is 0. The van der Waals surface area contributed by atoms with Crippen LogP contribution in [0.4, 0.5) is 17.1 Å². The zero-order valence-corrected chi connectivity index (χ0v) is 20.0. The maximum atomic E-state index is 13.4. The van der Waals surface area contributed by atoms with Gasteiger partial charge in [0.1, 0.15) is 11.4 Å². The number of anilines is 1. The summed E-state index contributed by atoms with van der Waals surface area (Å²) in [6.45, 7) is 3.66. The average Bonchev–Trinajstić information content (AvgIpc) is 3.19. The number of aryl methyl sites for hydroxylation is 1. The number of benzene rings is 3. The minimum atomic E-state index is -0.739. The Morgan fingerprint density at radius 2 is 1.59 bits per heavy atom. The fourth-order valence-electron chi connectivity index (χ4n) is 3.44. The van der Waals surface area contributed by atoms with E-state index in [2.05, 4.69) is 15.6 Å². The number of nitrogens with one attached hydrogen (secondary N) is 2. The number of hydrogen-bond donors (Lipinski definition) is 3. The van der Waals surface area contributed by atoms with Crippen LogP contribution in [-0.4, -0.2) is 37.1 Å². The monoisotopic (exact) mass is 504 g/mol. The first kappa shape index (κ1) is 26.5. The number of hydrogen-bond acceptors (Lipinski definition) is 8. The second-order valence-electron chi connectivity index (χ2n) is 7.56. The first-order chi connectivity index (χ1) is 17.8. The zero-order valence-electron chi connectivity index (χ0n) is 20.0. The van der Waals surface area contributed by atoms with Crippen molar-refractivity contribution in [2.75, 3.05) is 12.0 Å². The van der Waals surface area contributed by atoms with Crippen molar-refractivity contribution in [2.45, 2.75) is 13.8 Å². The number of aliphatic hydroxyl groups is 1. The molecule has 0 amide bonds. The van der Waals surface area contributed by atoms with E-state index in [4.69, 9.17) is 5.11 Å². The van der Waals surface area contributed by atoms with Crippen LogP contribution in [0.1, 0.15) is 23.7 Å². The molecule has 4 aromatic rings. The first-order valence-corrected chi connectivity index (χ1v) is 11.1. The number of aromatic nitrogens is 2. The molecule has 0 aliphatic carbocycles. The summed E-state index contributed by atoms with van der Waals surface area (Å²) in [6.07, 6.45) is 0. The molecular weight excluding hydrogens is 480 g/mol. The Morgan fingerprint density at radius 1 is 1.00 bits per heavy atom. The highest BCUT2D eigenvalue weighted by molar-refractivity contribution is 6.13. The highest BCUT2D eigenvalue weighted by Gasteiger charge is 2.22. The molecule has 37 heavy (non-hydrogen) atoms. The second kappa shape index (κ2) is 12.0. The molecule has 0 saturated heterocycles. The Balaban J connectivity index is 0.00000121. The standard InChI is InChI=1S/C23H18N6O5.C2H6O/c1-15-21(23(30)27(26-15)17-10-6-3-7-11-17)22(16-8-4-2-5-9-16)25-24-19-13-12-18(28(31)32)14-20(19)29(33)34;1-2-3/h2-14,24,26H,1H3;3H,2H2,1H3/b25-22-;. The molecule has 0 saturated carbocycles. The predicted molar refractivity (Wildman–Crippen MR) is 139 cm³/mol. The molecule has 12 heteroatoms. The molecule has 0 bridgehead atoms. The number of aromatic amines is 1. The Labute approximate surface area is 210 Å². The van der Waals surface area contributed by atoms with Crippen LogP contribution < -0.4 is 11.0 Å². The van der Waals surface area contributed by atoms with E-state index in [1.807, 2.05) is 12.1 Å². The lowest BCUT2D eigenvalue weighted by molar-refractivity contribution is -0.393. The molecule has 0 fully saturated rings. The van der Waals surface area contributed by atoms with E-state index in [1.165, 1.54) is 10.7 Å². The molecule has 4 rings (SSSR count). The van der Waals surface area contributed by atoms with Gasteiger partial charge < -0.3 is 5.11 Å². The van der Waals surface area contributed by atoms with Crippen LogP contribution in [-0.2, 0) is 0 Å². The highest BCUT2D eigenvalue weighted by atomic mass is 16.6. The van der Waals surface area contributed by atoms with Gasteiger partial charge in [0.15, 0.2) is 0 Å². The number of H-pyrrole nitrogens is 1. The van der Waals surface area contributed by atoms with Crippen molar-refractivity contribution >= 4 is 22.8 Å². The number of nitro groups is 2. The van der Waals surface area contributed by atoms with Crippen LogP contribution in [0, 0.1) is 27.2 Å². The van der Waals surface area contributed by atoms with Crippen molar-refractivity contribution < 1.29 is 15.0 Å². The quantitative estimate of drug-likeness (QED) is 0.193. The maximum Gasteiger partial charge on any atom is 0.301 e. The van der Waals surface area contributed by atoms with Crippen molar-refractivity contribution in [1.29, 1.82) is 0 Å². The zero-order chi connectivity index (χ0) is 26.9. The van der Waals surface area contributed by atoms with Crippen LogP contribution in [0.15, 0.2) is 88.8 Å². The minimum Gasteiger partial charge on any atom is -0.397 e. The fraction of sp³-hybridized carbons (Fsp3) is 0.120. The molecule has 0 aliphatic rings. The molecule has 1 aromatic heterocycles. The van der Waals surface area contributed by atoms with Gasteiger partial charge in [0, 0.05) is 23.9 Å². The van der Waals surface area contributed by atoms with Gasteiger partial charge in [-0.3, -0.25) is 35.5 Å². The Morgan fingerprint density at radius 3 is 2.16 bits per heavy atom. The molecule has 3 N–H and O–H groups in total. The van der Waals surface area contributed by atoms with Crippen molar-refractivity contribution in [3.63, 3.8) is 0 Å². The Bertz CT molecular complexity index is 1480. The van der Waals surface area contributed by atoms with Gasteiger partial charge in [0.05, 0.1) is 27.2 Å². The topological polar surface area (TPSA) is 169 Å². The van der Waals surface area contributed by atoms with E-state index in [9.17, 15) is 25.0 Å². The lowest BCUT2D eigenvalue weighted by atomic mass is 10.0. The molecule has 3 aromatic carbocycles. The number of nitrogens with zero attached hydrogens (tertiary/aromatic N) is 4. The Hall–Kier alpha value is -5.10. The Kier molecular flexibility index (Phi) is 8.62. The lowest BCUT2D eigenvalue weighted by Crippen LogP contribution is -2.22. The molecule has 0 radical (unpaired) electrons. The van der Waals surface area contributed by atoms with Gasteiger partial charge in [-0.25, -0.2) is 4.68 Å². The third kappa shape index (κ3) is 6.13. The van der Waals surface area contributed by atoms with E-state index in [-0.39, 0.29) is 29.1 Å². The molecule has 190 valence electrons. The molecule has 0 spiro atoms. The summed E-state index contributed by atoms with van der Waals surface area (Å²) in [5, 5.41) is 37.4. The SMILES string of the molecule is CCO.Cc1[nH]n(-c2ccccc2)c(=O)c1/C(=N\Nc1ccc([N+](=O)[O-])cc1[N+](=O)[O-])c1ccccc1. The molecule has 0 atom stereocenters. The van der Waals surface area contributed by atoms with Crippen LogP contribution in [0.5, 0.6) is 0 Å². The van der Waals surface area contributed by atoms with Gasteiger partial charge in [-0.1, -0.05) is 48.5 Å². The van der Waals surface area contributed by atoms with Crippen molar-refractivity contribution in [2.24, 2.45) is 5.10 Å². The molecule has 0 aliphatic heterocycles. The smallest absolute Gasteiger partial charge is 0.301 e. The van der Waals surface area contributed by atoms with E-state index in [0.717, 1.165) is 12.1 Å². The molecule has 12 nitrogen and oxygen atoms in total. The normalized spacial score (nSPS) is 10.8. The molecule has 1 heterocycles. The van der Waals surface area contributed by atoms with Gasteiger partial charge in [-0.05, 0) is 32.0 Å². The first-order valence-electron chi connectivity index (χ1n) is 11.1. The van der Waals surface area contributed by atoms with Crippen molar-refractivity contribution in [3.05, 3.63) is 126 Å². The average molecular weight is 505 g/mol. The van der Waals surface area contributed by atoms with Gasteiger partial charge in [0.25, 0.3) is 11.2 Å². The number of non-ortho nitro benzene ring substituents is 1. The van der Waals surface area contributed by atoms with Crippen LogP contribution in [0.25, 0.3) is 5.69 Å². The third-order valence-electron chi connectivity index (χ3n) is 5.05. The van der Waals surface area contributed by atoms with E-state index < -0.39 is 21.2 Å². The van der Waals surface area contributed by atoms with Gasteiger partial charge >= 0.3 is 5.69 Å². The number of rotatable bonds is 7. The number of para-hydroxylation sites is 1. The highest BCUT2D eigenvalue weighted by Crippen LogP contribution is 2.29. The molecular formula is C25H24N6O6. The van der Waals surface area contributed by atoms with Crippen LogP contribution >= 0.6 is 0 Å². The van der Waals surface area contributed by atoms with Gasteiger partial charge in [-0.15, -0.1) is 0 Å². The molecule has 0 unspecified atom stereocenters. The number of nitro benzene ring substituents is 2. The number of hydrazone groups is 1. The van der Waals surface area contributed by atoms with E-state index in [0.29, 0.717) is 16.9 Å². The minimum absolute atomic E-state index is 0.0550. The lowest BCUT2D eigenvalue weighted by Gasteiger charge is -2.08. The van der Waals surface area contributed by atoms with Gasteiger partial charge in [-0.2, -0.15) is 5.10 Å². The third-order valence-corrected chi connectivity index (χ3v) is 5.05. The van der Waals surface area contributed by atoms with E-state index >= 15 is 0 Å². The van der Waals surface area contributed by atoms with Crippen LogP contribution in [0.2, 0.25) is 0 Å². The largest absolute Gasteiger partial charge is 0.397 e. The van der Waals surface area contributed by atoms with Gasteiger partial charge in [0.2, 0.25) is 0 Å². The fourth-order valence-corrected chi connectivity index (χ4v) is 3.44.